The van der Waals surface area contributed by atoms with Crippen LogP contribution >= 0.6 is 22.6 Å². The molecular weight excluding hydrogens is 447 g/mol. The van der Waals surface area contributed by atoms with Gasteiger partial charge in [0.1, 0.15) is 0 Å². The van der Waals surface area contributed by atoms with Crippen LogP contribution < -0.4 is 4.90 Å². The molecule has 4 rings (SSSR count). The van der Waals surface area contributed by atoms with Crippen molar-refractivity contribution in [2.75, 3.05) is 44.2 Å². The molecule has 0 amide bonds. The molecule has 0 aromatic heterocycles. The van der Waals surface area contributed by atoms with Crippen LogP contribution in [-0.2, 0) is 6.54 Å². The van der Waals surface area contributed by atoms with Crippen LogP contribution in [0.1, 0.15) is 12.0 Å². The van der Waals surface area contributed by atoms with E-state index in [-0.39, 0.29) is 12.1 Å². The molecule has 2 aromatic rings. The average Bonchev–Trinajstić information content (AvgIpc) is 2.72. The molecule has 0 aliphatic carbocycles. The highest BCUT2D eigenvalue weighted by atomic mass is 125. The Morgan fingerprint density at radius 3 is 2.33 bits per heavy atom. The number of para-hydroxylation sites is 1. The monoisotopic (exact) mass is 475 g/mol. The van der Waals surface area contributed by atoms with Gasteiger partial charge in [-0.1, -0.05) is 36.4 Å². The van der Waals surface area contributed by atoms with Crippen LogP contribution in [0.5, 0.6) is 0 Å². The van der Waals surface area contributed by atoms with E-state index in [1.54, 1.807) is 0 Å². The van der Waals surface area contributed by atoms with Crippen molar-refractivity contribution >= 4 is 28.3 Å². The predicted octanol–water partition coefficient (Wildman–Crippen LogP) is 3.05. The Morgan fingerprint density at radius 2 is 1.59 bits per heavy atom. The number of piperidine rings is 1. The summed E-state index contributed by atoms with van der Waals surface area (Å²) in [5, 5.41) is 10.7. The van der Waals surface area contributed by atoms with Crippen molar-refractivity contribution < 1.29 is 5.11 Å². The summed E-state index contributed by atoms with van der Waals surface area (Å²) in [5.74, 6) is 0. The Morgan fingerprint density at radius 1 is 0.889 bits per heavy atom. The molecule has 0 bridgehead atoms. The van der Waals surface area contributed by atoms with E-state index in [0.29, 0.717) is 0 Å². The van der Waals surface area contributed by atoms with Crippen LogP contribution in [0.4, 0.5) is 5.69 Å². The largest absolute Gasteiger partial charge is 0.391 e. The Kier molecular flexibility index (Phi) is 6.32. The lowest BCUT2D eigenvalue weighted by molar-refractivity contribution is -0.0158. The van der Waals surface area contributed by atoms with E-state index in [4.69, 9.17) is 0 Å². The predicted molar refractivity (Wildman–Crippen MR) is 119 cm³/mol. The van der Waals surface area contributed by atoms with E-state index in [2.05, 4.69) is 91.9 Å². The minimum absolute atomic E-state index is 0.209. The van der Waals surface area contributed by atoms with Crippen LogP contribution in [0.3, 0.4) is 0 Å². The first-order valence-electron chi connectivity index (χ1n) is 9.88. The lowest BCUT2D eigenvalue weighted by Crippen LogP contribution is -2.59. The van der Waals surface area contributed by atoms with E-state index in [1.165, 1.54) is 14.8 Å². The molecule has 0 spiro atoms. The molecule has 2 aliphatic heterocycles. The van der Waals surface area contributed by atoms with Gasteiger partial charge in [-0.15, -0.1) is 0 Å². The van der Waals surface area contributed by atoms with Crippen molar-refractivity contribution in [3.63, 3.8) is 0 Å². The zero-order valence-corrected chi connectivity index (χ0v) is 17.8. The highest BCUT2D eigenvalue weighted by molar-refractivity contribution is 14.1. The minimum Gasteiger partial charge on any atom is -0.391 e. The van der Waals surface area contributed by atoms with Gasteiger partial charge in [0.2, 0.25) is 0 Å². The quantitative estimate of drug-likeness (QED) is 0.689. The Hall–Kier alpha value is -1.15. The van der Waals surface area contributed by atoms with Gasteiger partial charge in [-0.25, -0.2) is 0 Å². The van der Waals surface area contributed by atoms with Gasteiger partial charge < -0.3 is 10.0 Å². The second kappa shape index (κ2) is 8.90. The van der Waals surface area contributed by atoms with Crippen LogP contribution in [0, 0.1) is 3.57 Å². The number of benzene rings is 2. The van der Waals surface area contributed by atoms with E-state index in [0.717, 1.165) is 52.2 Å². The topological polar surface area (TPSA) is 30.0 Å². The molecule has 2 aromatic carbocycles. The zero-order valence-electron chi connectivity index (χ0n) is 15.7. The number of piperazine rings is 1. The van der Waals surface area contributed by atoms with E-state index in [9.17, 15) is 5.11 Å². The first-order valence-corrected chi connectivity index (χ1v) is 11.0. The summed E-state index contributed by atoms with van der Waals surface area (Å²) >= 11 is 2.42. The Labute approximate surface area is 175 Å². The number of hydrogen-bond acceptors (Lipinski definition) is 4. The molecule has 0 saturated carbocycles. The maximum Gasteiger partial charge on any atom is 0.0720 e. The van der Waals surface area contributed by atoms with E-state index < -0.39 is 0 Å². The number of aliphatic hydroxyl groups is 1. The molecular formula is C22H28IN3O. The van der Waals surface area contributed by atoms with Crippen molar-refractivity contribution in [2.24, 2.45) is 0 Å². The molecule has 144 valence electrons. The maximum atomic E-state index is 10.7. The van der Waals surface area contributed by atoms with E-state index in [1.807, 2.05) is 0 Å². The summed E-state index contributed by atoms with van der Waals surface area (Å²) in [7, 11) is 0. The third kappa shape index (κ3) is 4.65. The summed E-state index contributed by atoms with van der Waals surface area (Å²) in [4.78, 5) is 7.47. The van der Waals surface area contributed by atoms with Gasteiger partial charge >= 0.3 is 0 Å². The lowest BCUT2D eigenvalue weighted by atomic mass is 9.99. The number of rotatable bonds is 4. The molecule has 2 aliphatic rings. The maximum absolute atomic E-state index is 10.7. The number of likely N-dealkylation sites (tertiary alicyclic amines) is 1. The van der Waals surface area contributed by atoms with Crippen molar-refractivity contribution in [3.8, 4) is 0 Å². The van der Waals surface area contributed by atoms with Crippen molar-refractivity contribution in [1.29, 1.82) is 0 Å². The van der Waals surface area contributed by atoms with Gasteiger partial charge in [-0.3, -0.25) is 9.80 Å². The van der Waals surface area contributed by atoms with Gasteiger partial charge in [-0.05, 0) is 52.8 Å². The highest BCUT2D eigenvalue weighted by Gasteiger charge is 2.34. The standard InChI is InChI=1S/C22H28IN3O/c23-20-9-5-4-6-18(20)16-24-11-10-22(27)21(17-24)26-14-12-25(13-15-26)19-7-2-1-3-8-19/h1-9,21-22,27H,10-17H2/t21-,22-/m1/s1/i23-2. The van der Waals surface area contributed by atoms with Crippen molar-refractivity contribution in [3.05, 3.63) is 63.7 Å². The third-order valence-electron chi connectivity index (χ3n) is 5.89. The Bertz CT molecular complexity index is 733. The minimum atomic E-state index is -0.209. The molecule has 0 radical (unpaired) electrons. The summed E-state index contributed by atoms with van der Waals surface area (Å²) < 4.78 is 1.33. The number of halogens is 1. The fourth-order valence-electron chi connectivity index (χ4n) is 4.31. The van der Waals surface area contributed by atoms with Gasteiger partial charge in [0.05, 0.1) is 6.10 Å². The number of aliphatic hydroxyl groups excluding tert-OH is 1. The lowest BCUT2D eigenvalue weighted by Gasteiger charge is -2.46. The summed E-state index contributed by atoms with van der Waals surface area (Å²) in [6.07, 6.45) is 0.659. The second-order valence-electron chi connectivity index (χ2n) is 7.61. The van der Waals surface area contributed by atoms with Gasteiger partial charge in [-0.2, -0.15) is 0 Å². The van der Waals surface area contributed by atoms with Gasteiger partial charge in [0.25, 0.3) is 0 Å². The zero-order chi connectivity index (χ0) is 18.6. The summed E-state index contributed by atoms with van der Waals surface area (Å²) in [6.45, 7) is 7.02. The number of nitrogens with zero attached hydrogens (tertiary/aromatic N) is 3. The fourth-order valence-corrected chi connectivity index (χ4v) is 4.86. The normalized spacial score (nSPS) is 24.9. The highest BCUT2D eigenvalue weighted by Crippen LogP contribution is 2.23. The molecule has 1 N–H and O–H groups in total. The molecule has 0 unspecified atom stereocenters. The smallest absolute Gasteiger partial charge is 0.0720 e. The number of anilines is 1. The molecule has 5 heteroatoms. The second-order valence-corrected chi connectivity index (χ2v) is 8.77. The fraction of sp³-hybridized carbons (Fsp3) is 0.455. The molecule has 2 atom stereocenters. The number of hydrogen-bond donors (Lipinski definition) is 1. The van der Waals surface area contributed by atoms with Crippen LogP contribution in [-0.4, -0.2) is 66.3 Å². The first kappa shape index (κ1) is 19.2. The van der Waals surface area contributed by atoms with E-state index >= 15 is 0 Å². The Balaban J connectivity index is 1.36. The van der Waals surface area contributed by atoms with Crippen LogP contribution in [0.25, 0.3) is 0 Å². The molecule has 2 saturated heterocycles. The summed E-state index contributed by atoms with van der Waals surface area (Å²) in [6, 6.07) is 19.5. The molecule has 2 heterocycles. The first-order chi connectivity index (χ1) is 13.2. The van der Waals surface area contributed by atoms with Gasteiger partial charge in [0.15, 0.2) is 0 Å². The van der Waals surface area contributed by atoms with Gasteiger partial charge in [0, 0.05) is 61.1 Å². The van der Waals surface area contributed by atoms with Crippen molar-refractivity contribution in [2.45, 2.75) is 25.1 Å². The summed E-state index contributed by atoms with van der Waals surface area (Å²) in [5.41, 5.74) is 2.70. The molecule has 4 nitrogen and oxygen atoms in total. The van der Waals surface area contributed by atoms with Crippen LogP contribution in [0.2, 0.25) is 0 Å². The molecule has 2 fully saturated rings. The molecule has 27 heavy (non-hydrogen) atoms. The third-order valence-corrected chi connectivity index (χ3v) is 6.94. The SMILES string of the molecule is O[C@@H]1CCN(Cc2ccccc2[125I])C[C@H]1N1CCN(c2ccccc2)CC1. The van der Waals surface area contributed by atoms with Crippen LogP contribution in [0.15, 0.2) is 54.6 Å². The average molecular weight is 475 g/mol. The van der Waals surface area contributed by atoms with Crippen molar-refractivity contribution in [1.82, 2.24) is 9.80 Å².